The number of hydrogen-bond acceptors (Lipinski definition) is 8. The lowest BCUT2D eigenvalue weighted by atomic mass is 10.0. The summed E-state index contributed by atoms with van der Waals surface area (Å²) in [5.74, 6) is 1.16. The maximum atomic E-state index is 11.6. The zero-order valence-corrected chi connectivity index (χ0v) is 21.7. The highest BCUT2D eigenvalue weighted by Crippen LogP contribution is 2.31. The number of carbonyl (C=O) groups excluding carboxylic acids is 1. The van der Waals surface area contributed by atoms with Gasteiger partial charge in [-0.05, 0) is 67.8 Å². The van der Waals surface area contributed by atoms with Crippen LogP contribution in [0.5, 0.6) is 11.6 Å². The van der Waals surface area contributed by atoms with Crippen molar-refractivity contribution < 1.29 is 9.53 Å². The van der Waals surface area contributed by atoms with Gasteiger partial charge in [0.2, 0.25) is 5.88 Å². The Labute approximate surface area is 221 Å². The second kappa shape index (κ2) is 12.5. The topological polar surface area (TPSA) is 144 Å². The minimum atomic E-state index is -0.183. The molecule has 4 aromatic rings. The van der Waals surface area contributed by atoms with Gasteiger partial charge in [-0.1, -0.05) is 18.2 Å². The number of amides is 2. The van der Waals surface area contributed by atoms with Gasteiger partial charge in [0.1, 0.15) is 18.4 Å². The molecular weight excluding hydrogens is 482 g/mol. The van der Waals surface area contributed by atoms with Crippen molar-refractivity contribution in [1.29, 1.82) is 0 Å². The minimum Gasteiger partial charge on any atom is -0.439 e. The summed E-state index contributed by atoms with van der Waals surface area (Å²) in [4.78, 5) is 15.9. The molecule has 2 aromatic heterocycles. The lowest BCUT2D eigenvalue weighted by Crippen LogP contribution is -2.35. The number of aryl methyl sites for hydroxylation is 1. The number of carbonyl (C=O) groups is 1. The number of nitrogens with two attached hydrogens (primary N) is 1. The summed E-state index contributed by atoms with van der Waals surface area (Å²) in [6.45, 7) is 7.32. The number of nitrogens with zero attached hydrogens (tertiary/aromatic N) is 4. The number of urea groups is 1. The largest absolute Gasteiger partial charge is 0.439 e. The molecule has 38 heavy (non-hydrogen) atoms. The number of fused-ring (bicyclic) bond motifs is 1. The van der Waals surface area contributed by atoms with Crippen molar-refractivity contribution >= 4 is 29.1 Å². The van der Waals surface area contributed by atoms with Crippen LogP contribution in [0.4, 0.5) is 16.2 Å². The summed E-state index contributed by atoms with van der Waals surface area (Å²) >= 11 is 0. The Morgan fingerprint density at radius 2 is 2.03 bits per heavy atom. The summed E-state index contributed by atoms with van der Waals surface area (Å²) in [5, 5.41) is 20.2. The molecule has 0 radical (unpaired) electrons. The van der Waals surface area contributed by atoms with Gasteiger partial charge < -0.3 is 31.7 Å². The number of rotatable bonds is 11. The first kappa shape index (κ1) is 26.4. The second-order valence-corrected chi connectivity index (χ2v) is 8.64. The highest BCUT2D eigenvalue weighted by atomic mass is 16.5. The number of nitrogens with one attached hydrogen (secondary N) is 4. The van der Waals surface area contributed by atoms with Crippen LogP contribution in [0.2, 0.25) is 0 Å². The van der Waals surface area contributed by atoms with Crippen LogP contribution in [-0.2, 0) is 0 Å². The molecule has 4 rings (SSSR count). The lowest BCUT2D eigenvalue weighted by Gasteiger charge is -2.21. The van der Waals surface area contributed by atoms with E-state index in [2.05, 4.69) is 49.4 Å². The van der Waals surface area contributed by atoms with Crippen molar-refractivity contribution in [2.75, 3.05) is 30.4 Å². The maximum Gasteiger partial charge on any atom is 0.315 e. The van der Waals surface area contributed by atoms with E-state index in [-0.39, 0.29) is 12.1 Å². The van der Waals surface area contributed by atoms with Crippen molar-refractivity contribution in [2.45, 2.75) is 26.8 Å². The molecule has 0 saturated carbocycles. The number of benzene rings is 2. The average molecular weight is 516 g/mol. The van der Waals surface area contributed by atoms with Gasteiger partial charge in [-0.15, -0.1) is 10.2 Å². The zero-order chi connectivity index (χ0) is 26.9. The van der Waals surface area contributed by atoms with Gasteiger partial charge in [0.25, 0.3) is 0 Å². The Balaban J connectivity index is 1.45. The Kier molecular flexibility index (Phi) is 8.73. The van der Waals surface area contributed by atoms with Gasteiger partial charge in [0.05, 0.1) is 12.7 Å². The van der Waals surface area contributed by atoms with Gasteiger partial charge >= 0.3 is 6.03 Å². The number of anilines is 2. The first-order valence-electron chi connectivity index (χ1n) is 12.4. The molecule has 2 heterocycles. The molecule has 6 N–H and O–H groups in total. The van der Waals surface area contributed by atoms with Gasteiger partial charge in [-0.3, -0.25) is 4.40 Å². The van der Waals surface area contributed by atoms with E-state index < -0.39 is 0 Å². The van der Waals surface area contributed by atoms with Gasteiger partial charge in [-0.25, -0.2) is 9.78 Å². The fourth-order valence-corrected chi connectivity index (χ4v) is 3.94. The molecule has 2 aromatic carbocycles. The maximum absolute atomic E-state index is 11.6. The quantitative estimate of drug-likeness (QED) is 0.188. The SMILES string of the molecule is CCNC(=O)NC/C=C/c1ccc(NCN)c(C(C)Nc2ccc(Oc3cc4nncn4cn3)c(C)c2)c1. The molecule has 0 bridgehead atoms. The van der Waals surface area contributed by atoms with Crippen LogP contribution in [0, 0.1) is 6.92 Å². The van der Waals surface area contributed by atoms with Gasteiger partial charge in [0, 0.05) is 30.5 Å². The Bertz CT molecular complexity index is 1420. The van der Waals surface area contributed by atoms with Crippen LogP contribution in [0.25, 0.3) is 11.7 Å². The van der Waals surface area contributed by atoms with Crippen molar-refractivity contribution in [3.63, 3.8) is 0 Å². The zero-order valence-electron chi connectivity index (χ0n) is 21.7. The summed E-state index contributed by atoms with van der Waals surface area (Å²) in [7, 11) is 0. The molecule has 198 valence electrons. The summed E-state index contributed by atoms with van der Waals surface area (Å²) < 4.78 is 7.71. The van der Waals surface area contributed by atoms with E-state index in [1.54, 1.807) is 23.1 Å². The molecule has 1 atom stereocenters. The highest BCUT2D eigenvalue weighted by Gasteiger charge is 2.13. The average Bonchev–Trinajstić information content (AvgIpc) is 3.37. The van der Waals surface area contributed by atoms with Crippen molar-refractivity contribution in [3.05, 3.63) is 77.9 Å². The van der Waals surface area contributed by atoms with E-state index in [0.29, 0.717) is 37.0 Å². The standard InChI is InChI=1S/C27H33N9O2/c1-4-29-27(37)30-11-5-6-20-7-9-23(31-15-28)22(13-20)19(3)34-21-8-10-24(18(2)12-21)38-26-14-25-35-33-17-36(25)16-32-26/h5-10,12-14,16-17,19,31,34H,4,11,15,28H2,1-3H3,(H2,29,30,37)/b6-5+. The molecule has 2 amide bonds. The fourth-order valence-electron chi connectivity index (χ4n) is 3.94. The molecular formula is C27H33N9O2. The Hall–Kier alpha value is -4.64. The molecule has 0 aliphatic rings. The highest BCUT2D eigenvalue weighted by molar-refractivity contribution is 5.74. The third-order valence-corrected chi connectivity index (χ3v) is 5.80. The first-order valence-corrected chi connectivity index (χ1v) is 12.4. The van der Waals surface area contributed by atoms with E-state index >= 15 is 0 Å². The molecule has 0 spiro atoms. The van der Waals surface area contributed by atoms with Crippen LogP contribution < -0.4 is 31.7 Å². The van der Waals surface area contributed by atoms with E-state index in [1.807, 2.05) is 56.3 Å². The summed E-state index contributed by atoms with van der Waals surface area (Å²) in [6, 6.07) is 13.6. The van der Waals surface area contributed by atoms with Crippen molar-refractivity contribution in [1.82, 2.24) is 30.2 Å². The van der Waals surface area contributed by atoms with Crippen LogP contribution in [-0.4, -0.2) is 45.4 Å². The van der Waals surface area contributed by atoms with Crippen molar-refractivity contribution in [2.24, 2.45) is 5.73 Å². The number of ether oxygens (including phenoxy) is 1. The second-order valence-electron chi connectivity index (χ2n) is 8.64. The Morgan fingerprint density at radius 3 is 2.82 bits per heavy atom. The molecule has 0 fully saturated rings. The molecule has 0 saturated heterocycles. The van der Waals surface area contributed by atoms with E-state index in [1.165, 1.54) is 0 Å². The van der Waals surface area contributed by atoms with Gasteiger partial charge in [-0.2, -0.15) is 0 Å². The van der Waals surface area contributed by atoms with Crippen LogP contribution in [0.15, 0.2) is 61.2 Å². The predicted octanol–water partition coefficient (Wildman–Crippen LogP) is 4.06. The Morgan fingerprint density at radius 1 is 1.16 bits per heavy atom. The third-order valence-electron chi connectivity index (χ3n) is 5.80. The molecule has 0 aliphatic carbocycles. The smallest absolute Gasteiger partial charge is 0.315 e. The number of aromatic nitrogens is 4. The monoisotopic (exact) mass is 515 g/mol. The van der Waals surface area contributed by atoms with E-state index in [4.69, 9.17) is 10.5 Å². The van der Waals surface area contributed by atoms with Crippen LogP contribution >= 0.6 is 0 Å². The fraction of sp³-hybridized carbons (Fsp3) is 0.259. The van der Waals surface area contributed by atoms with Crippen LogP contribution in [0.1, 0.15) is 36.6 Å². The predicted molar refractivity (Wildman–Crippen MR) is 149 cm³/mol. The van der Waals surface area contributed by atoms with E-state index in [0.717, 1.165) is 28.1 Å². The molecule has 11 nitrogen and oxygen atoms in total. The lowest BCUT2D eigenvalue weighted by molar-refractivity contribution is 0.242. The summed E-state index contributed by atoms with van der Waals surface area (Å²) in [6.07, 6.45) is 7.11. The normalized spacial score (nSPS) is 11.9. The van der Waals surface area contributed by atoms with E-state index in [9.17, 15) is 4.79 Å². The third kappa shape index (κ3) is 6.77. The molecule has 0 aliphatic heterocycles. The van der Waals surface area contributed by atoms with Gasteiger partial charge in [0.15, 0.2) is 5.65 Å². The van der Waals surface area contributed by atoms with Crippen molar-refractivity contribution in [3.8, 4) is 11.6 Å². The molecule has 1 unspecified atom stereocenters. The van der Waals surface area contributed by atoms with Crippen LogP contribution in [0.3, 0.4) is 0 Å². The molecule has 11 heteroatoms. The minimum absolute atomic E-state index is 0.0194. The summed E-state index contributed by atoms with van der Waals surface area (Å²) in [5.41, 5.74) is 11.4. The number of hydrogen-bond donors (Lipinski definition) is 5. The first-order chi connectivity index (χ1) is 18.5.